The molecule has 0 spiro atoms. The number of aliphatic imine (C=N–C) groups is 1. The Hall–Kier alpha value is -0.870. The number of benzene rings is 1. The van der Waals surface area contributed by atoms with Crippen molar-refractivity contribution < 1.29 is 8.42 Å². The summed E-state index contributed by atoms with van der Waals surface area (Å²) in [5, 5.41) is 6.42. The highest BCUT2D eigenvalue weighted by molar-refractivity contribution is 14.0. The fourth-order valence-electron chi connectivity index (χ4n) is 3.06. The van der Waals surface area contributed by atoms with Crippen LogP contribution in [0.15, 0.2) is 35.3 Å². The number of nitrogens with zero attached hydrogens (tertiary/aromatic N) is 2. The monoisotopic (exact) mass is 494 g/mol. The highest BCUT2D eigenvalue weighted by Gasteiger charge is 2.24. The SMILES string of the molecule is CCS(=O)(=O)CCNC(=NC)NCC1CCCN1Cc1ccccc1.I. The maximum absolute atomic E-state index is 11.5. The number of likely N-dealkylation sites (tertiary alicyclic amines) is 1. The lowest BCUT2D eigenvalue weighted by atomic mass is 10.2. The number of guanidine groups is 1. The summed E-state index contributed by atoms with van der Waals surface area (Å²) < 4.78 is 23.1. The zero-order chi connectivity index (χ0) is 18.1. The summed E-state index contributed by atoms with van der Waals surface area (Å²) in [7, 11) is -1.24. The first kappa shape index (κ1) is 23.2. The van der Waals surface area contributed by atoms with Crippen LogP contribution in [-0.4, -0.2) is 63.5 Å². The zero-order valence-corrected chi connectivity index (χ0v) is 18.8. The highest BCUT2D eigenvalue weighted by atomic mass is 127. The van der Waals surface area contributed by atoms with E-state index in [1.807, 2.05) is 6.07 Å². The number of nitrogens with one attached hydrogen (secondary N) is 2. The second kappa shape index (κ2) is 11.8. The van der Waals surface area contributed by atoms with Crippen LogP contribution in [0.25, 0.3) is 0 Å². The summed E-state index contributed by atoms with van der Waals surface area (Å²) in [4.78, 5) is 6.68. The molecule has 1 aliphatic rings. The molecular weight excluding hydrogens is 463 g/mol. The third kappa shape index (κ3) is 7.79. The van der Waals surface area contributed by atoms with Crippen LogP contribution >= 0.6 is 24.0 Å². The van der Waals surface area contributed by atoms with E-state index in [0.29, 0.717) is 18.5 Å². The van der Waals surface area contributed by atoms with E-state index >= 15 is 0 Å². The van der Waals surface area contributed by atoms with Gasteiger partial charge in [0.15, 0.2) is 15.8 Å². The van der Waals surface area contributed by atoms with Crippen molar-refractivity contribution in [2.45, 2.75) is 32.4 Å². The molecule has 1 atom stereocenters. The van der Waals surface area contributed by atoms with Gasteiger partial charge in [0.25, 0.3) is 0 Å². The standard InChI is InChI=1S/C18H30N4O2S.HI/c1-3-25(23,24)13-11-20-18(19-2)21-14-17-10-7-12-22(17)15-16-8-5-4-6-9-16;/h4-6,8-9,17H,3,7,10-15H2,1-2H3,(H2,19,20,21);1H. The van der Waals surface area contributed by atoms with E-state index in [9.17, 15) is 8.42 Å². The Balaban J connectivity index is 0.00000338. The van der Waals surface area contributed by atoms with Crippen molar-refractivity contribution >= 4 is 39.8 Å². The first-order valence-electron chi connectivity index (χ1n) is 8.97. The van der Waals surface area contributed by atoms with Gasteiger partial charge < -0.3 is 10.6 Å². The van der Waals surface area contributed by atoms with Crippen molar-refractivity contribution in [1.82, 2.24) is 15.5 Å². The molecule has 1 aromatic rings. The maximum Gasteiger partial charge on any atom is 0.191 e. The minimum absolute atomic E-state index is 0. The molecule has 0 saturated carbocycles. The summed E-state index contributed by atoms with van der Waals surface area (Å²) in [5.74, 6) is 0.975. The van der Waals surface area contributed by atoms with Crippen LogP contribution in [0.5, 0.6) is 0 Å². The Morgan fingerprint density at radius 1 is 1.27 bits per heavy atom. The van der Waals surface area contributed by atoms with Gasteiger partial charge in [-0.05, 0) is 24.9 Å². The molecule has 0 radical (unpaired) electrons. The molecule has 148 valence electrons. The van der Waals surface area contributed by atoms with Gasteiger partial charge in [0, 0.05) is 38.5 Å². The third-order valence-electron chi connectivity index (χ3n) is 4.60. The topological polar surface area (TPSA) is 73.8 Å². The Bertz CT molecular complexity index is 652. The summed E-state index contributed by atoms with van der Waals surface area (Å²) in [5.41, 5.74) is 1.33. The van der Waals surface area contributed by atoms with E-state index in [1.54, 1.807) is 14.0 Å². The van der Waals surface area contributed by atoms with Gasteiger partial charge >= 0.3 is 0 Å². The molecule has 0 aliphatic carbocycles. The van der Waals surface area contributed by atoms with Gasteiger partial charge in [-0.3, -0.25) is 9.89 Å². The third-order valence-corrected chi connectivity index (χ3v) is 6.31. The molecule has 0 aromatic heterocycles. The lowest BCUT2D eigenvalue weighted by Crippen LogP contribution is -2.45. The molecule has 1 saturated heterocycles. The summed E-state index contributed by atoms with van der Waals surface area (Å²) in [6.45, 7) is 4.95. The average Bonchev–Trinajstić information content (AvgIpc) is 3.06. The van der Waals surface area contributed by atoms with Gasteiger partial charge in [0.05, 0.1) is 5.75 Å². The van der Waals surface area contributed by atoms with E-state index < -0.39 is 9.84 Å². The van der Waals surface area contributed by atoms with Crippen molar-refractivity contribution in [1.29, 1.82) is 0 Å². The largest absolute Gasteiger partial charge is 0.355 e. The normalized spacial score (nSPS) is 18.4. The quantitative estimate of drug-likeness (QED) is 0.328. The molecule has 1 unspecified atom stereocenters. The van der Waals surface area contributed by atoms with Crippen LogP contribution in [-0.2, 0) is 16.4 Å². The second-order valence-electron chi connectivity index (χ2n) is 6.37. The van der Waals surface area contributed by atoms with Gasteiger partial charge in [-0.2, -0.15) is 0 Å². The molecule has 1 aliphatic heterocycles. The van der Waals surface area contributed by atoms with Crippen LogP contribution in [0.4, 0.5) is 0 Å². The van der Waals surface area contributed by atoms with E-state index in [4.69, 9.17) is 0 Å². The van der Waals surface area contributed by atoms with Crippen molar-refractivity contribution in [3.8, 4) is 0 Å². The number of halogens is 1. The molecule has 1 heterocycles. The van der Waals surface area contributed by atoms with Crippen LogP contribution in [0.2, 0.25) is 0 Å². The van der Waals surface area contributed by atoms with Gasteiger partial charge in [-0.15, -0.1) is 24.0 Å². The Morgan fingerprint density at radius 3 is 2.65 bits per heavy atom. The fourth-order valence-corrected chi connectivity index (χ4v) is 3.76. The molecule has 0 bridgehead atoms. The van der Waals surface area contributed by atoms with Crippen molar-refractivity contribution in [2.24, 2.45) is 4.99 Å². The van der Waals surface area contributed by atoms with Crippen LogP contribution in [0.3, 0.4) is 0 Å². The molecular formula is C18H31IN4O2S. The molecule has 2 N–H and O–H groups in total. The highest BCUT2D eigenvalue weighted by Crippen LogP contribution is 2.19. The fraction of sp³-hybridized carbons (Fsp3) is 0.611. The van der Waals surface area contributed by atoms with Crippen molar-refractivity contribution in [2.75, 3.05) is 38.2 Å². The summed E-state index contributed by atoms with van der Waals surface area (Å²) >= 11 is 0. The summed E-state index contributed by atoms with van der Waals surface area (Å²) in [6, 6.07) is 11.0. The molecule has 1 aromatic carbocycles. The molecule has 1 fully saturated rings. The second-order valence-corrected chi connectivity index (χ2v) is 8.84. The van der Waals surface area contributed by atoms with Crippen LogP contribution in [0, 0.1) is 0 Å². The van der Waals surface area contributed by atoms with Crippen LogP contribution in [0.1, 0.15) is 25.3 Å². The minimum Gasteiger partial charge on any atom is -0.355 e. The Kier molecular flexibility index (Phi) is 10.5. The Morgan fingerprint density at radius 2 is 2.00 bits per heavy atom. The first-order valence-corrected chi connectivity index (χ1v) is 10.8. The van der Waals surface area contributed by atoms with E-state index in [1.165, 1.54) is 18.4 Å². The van der Waals surface area contributed by atoms with Crippen molar-refractivity contribution in [3.05, 3.63) is 35.9 Å². The molecule has 6 nitrogen and oxygen atoms in total. The van der Waals surface area contributed by atoms with E-state index in [0.717, 1.165) is 19.6 Å². The van der Waals surface area contributed by atoms with Crippen LogP contribution < -0.4 is 10.6 Å². The van der Waals surface area contributed by atoms with Crippen molar-refractivity contribution in [3.63, 3.8) is 0 Å². The number of hydrogen-bond donors (Lipinski definition) is 2. The number of hydrogen-bond acceptors (Lipinski definition) is 4. The first-order chi connectivity index (χ1) is 12.0. The molecule has 26 heavy (non-hydrogen) atoms. The van der Waals surface area contributed by atoms with Gasteiger partial charge in [0.1, 0.15) is 0 Å². The minimum atomic E-state index is -2.95. The van der Waals surface area contributed by atoms with Gasteiger partial charge in [0.2, 0.25) is 0 Å². The average molecular weight is 494 g/mol. The summed E-state index contributed by atoms with van der Waals surface area (Å²) in [6.07, 6.45) is 2.38. The van der Waals surface area contributed by atoms with E-state index in [-0.39, 0.29) is 35.5 Å². The smallest absolute Gasteiger partial charge is 0.191 e. The zero-order valence-electron chi connectivity index (χ0n) is 15.6. The Labute approximate surface area is 174 Å². The predicted molar refractivity (Wildman–Crippen MR) is 119 cm³/mol. The predicted octanol–water partition coefficient (Wildman–Crippen LogP) is 1.87. The number of sulfone groups is 1. The van der Waals surface area contributed by atoms with Gasteiger partial charge in [-0.1, -0.05) is 37.3 Å². The lowest BCUT2D eigenvalue weighted by Gasteiger charge is -2.25. The molecule has 0 amide bonds. The molecule has 2 rings (SSSR count). The van der Waals surface area contributed by atoms with E-state index in [2.05, 4.69) is 44.8 Å². The maximum atomic E-state index is 11.5. The number of rotatable bonds is 8. The molecule has 8 heteroatoms. The lowest BCUT2D eigenvalue weighted by molar-refractivity contribution is 0.245. The van der Waals surface area contributed by atoms with Gasteiger partial charge in [-0.25, -0.2) is 8.42 Å².